The molecule has 0 aromatic heterocycles. The maximum absolute atomic E-state index is 10.2. The molecule has 1 N–H and O–H groups in total. The fraction of sp³-hybridized carbons (Fsp3) is 0.379. The third-order valence-electron chi connectivity index (χ3n) is 6.05. The Balaban J connectivity index is 1.55. The lowest BCUT2D eigenvalue weighted by atomic mass is 9.99. The van der Waals surface area contributed by atoms with Gasteiger partial charge in [-0.15, -0.1) is 18.3 Å². The molecular formula is C29H34O5S. The molecule has 3 aromatic rings. The summed E-state index contributed by atoms with van der Waals surface area (Å²) in [5.41, 5.74) is 1.84. The molecule has 1 fully saturated rings. The molecule has 0 spiro atoms. The second-order valence-corrected chi connectivity index (χ2v) is 9.86. The Morgan fingerprint density at radius 1 is 0.857 bits per heavy atom. The Labute approximate surface area is 212 Å². The minimum Gasteiger partial charge on any atom is -0.394 e. The largest absolute Gasteiger partial charge is 0.394 e. The summed E-state index contributed by atoms with van der Waals surface area (Å²) in [5, 5.41) is 12.5. The van der Waals surface area contributed by atoms with Crippen molar-refractivity contribution in [2.75, 3.05) is 19.0 Å². The first kappa shape index (κ1) is 25.9. The summed E-state index contributed by atoms with van der Waals surface area (Å²) in [6, 6.07) is 24.6. The minimum atomic E-state index is -0.516. The number of hydrogen-bond donors (Lipinski definition) is 1. The monoisotopic (exact) mass is 494 g/mol. The third kappa shape index (κ3) is 6.73. The van der Waals surface area contributed by atoms with Crippen LogP contribution in [0.15, 0.2) is 85.5 Å². The van der Waals surface area contributed by atoms with Crippen LogP contribution in [0, 0.1) is 0 Å². The number of ether oxygens (including phenoxy) is 4. The van der Waals surface area contributed by atoms with Gasteiger partial charge < -0.3 is 24.1 Å². The Morgan fingerprint density at radius 2 is 1.57 bits per heavy atom. The van der Waals surface area contributed by atoms with E-state index in [2.05, 4.69) is 43.8 Å². The van der Waals surface area contributed by atoms with Crippen molar-refractivity contribution in [1.82, 2.24) is 0 Å². The number of benzene rings is 3. The van der Waals surface area contributed by atoms with Crippen molar-refractivity contribution < 1.29 is 24.1 Å². The molecule has 1 heterocycles. The molecule has 1 aliphatic rings. The van der Waals surface area contributed by atoms with Gasteiger partial charge in [-0.25, -0.2) is 0 Å². The quantitative estimate of drug-likeness (QED) is 0.343. The SMILES string of the molecule is C=CCO[C@@H]1[C@@H](OCc2ccc3ccccc3c2)[C@H](SCC)O[C@H](CO)[C@H]1OCc1ccccc1. The Hall–Kier alpha value is -2.19. The third-order valence-corrected chi connectivity index (χ3v) is 7.09. The van der Waals surface area contributed by atoms with Crippen molar-refractivity contribution in [3.05, 3.63) is 96.6 Å². The van der Waals surface area contributed by atoms with Crippen LogP contribution in [0.2, 0.25) is 0 Å². The summed E-state index contributed by atoms with van der Waals surface area (Å²) < 4.78 is 25.4. The first-order chi connectivity index (χ1) is 17.2. The van der Waals surface area contributed by atoms with Gasteiger partial charge in [0.15, 0.2) is 0 Å². The topological polar surface area (TPSA) is 57.2 Å². The number of thioether (sulfide) groups is 1. The maximum Gasteiger partial charge on any atom is 0.132 e. The van der Waals surface area contributed by atoms with E-state index < -0.39 is 18.3 Å². The predicted octanol–water partition coefficient (Wildman–Crippen LogP) is 5.35. The fourth-order valence-electron chi connectivity index (χ4n) is 4.36. The zero-order valence-electron chi connectivity index (χ0n) is 20.1. The molecule has 1 aliphatic heterocycles. The lowest BCUT2D eigenvalue weighted by Crippen LogP contribution is -2.60. The second-order valence-electron chi connectivity index (χ2n) is 8.49. The first-order valence-corrected chi connectivity index (χ1v) is 13.1. The molecule has 0 unspecified atom stereocenters. The van der Waals surface area contributed by atoms with E-state index in [0.717, 1.165) is 16.9 Å². The lowest BCUT2D eigenvalue weighted by Gasteiger charge is -2.45. The minimum absolute atomic E-state index is 0.161. The van der Waals surface area contributed by atoms with Crippen LogP contribution in [0.3, 0.4) is 0 Å². The Bertz CT molecular complexity index is 1060. The van der Waals surface area contributed by atoms with Crippen LogP contribution in [0.4, 0.5) is 0 Å². The van der Waals surface area contributed by atoms with Crippen LogP contribution in [-0.2, 0) is 32.2 Å². The average molecular weight is 495 g/mol. The van der Waals surface area contributed by atoms with Crippen molar-refractivity contribution in [3.8, 4) is 0 Å². The molecule has 0 radical (unpaired) electrons. The van der Waals surface area contributed by atoms with E-state index in [-0.39, 0.29) is 18.1 Å². The number of aliphatic hydroxyl groups is 1. The van der Waals surface area contributed by atoms with Gasteiger partial charge in [-0.05, 0) is 33.7 Å². The van der Waals surface area contributed by atoms with Crippen LogP contribution in [0.5, 0.6) is 0 Å². The summed E-state index contributed by atoms with van der Waals surface area (Å²) in [6.07, 6.45) is -0.0874. The van der Waals surface area contributed by atoms with Gasteiger partial charge >= 0.3 is 0 Å². The highest BCUT2D eigenvalue weighted by Gasteiger charge is 2.48. The molecular weight excluding hydrogens is 460 g/mol. The van der Waals surface area contributed by atoms with Crippen LogP contribution in [0.1, 0.15) is 18.1 Å². The van der Waals surface area contributed by atoms with E-state index in [1.807, 2.05) is 42.5 Å². The number of hydrogen-bond acceptors (Lipinski definition) is 6. The van der Waals surface area contributed by atoms with E-state index in [9.17, 15) is 5.11 Å². The molecule has 0 bridgehead atoms. The molecule has 1 saturated heterocycles. The summed E-state index contributed by atoms with van der Waals surface area (Å²) >= 11 is 1.65. The van der Waals surface area contributed by atoms with Gasteiger partial charge in [0.1, 0.15) is 29.9 Å². The van der Waals surface area contributed by atoms with Gasteiger partial charge in [0.2, 0.25) is 0 Å². The Morgan fingerprint density at radius 3 is 2.31 bits per heavy atom. The highest BCUT2D eigenvalue weighted by atomic mass is 32.2. The fourth-order valence-corrected chi connectivity index (χ4v) is 5.33. The molecule has 0 amide bonds. The van der Waals surface area contributed by atoms with Crippen molar-refractivity contribution in [1.29, 1.82) is 0 Å². The highest BCUT2D eigenvalue weighted by Crippen LogP contribution is 2.34. The summed E-state index contributed by atoms with van der Waals surface area (Å²) in [7, 11) is 0. The molecule has 186 valence electrons. The zero-order valence-corrected chi connectivity index (χ0v) is 20.9. The van der Waals surface area contributed by atoms with Gasteiger partial charge in [0.05, 0.1) is 26.4 Å². The second kappa shape index (κ2) is 13.2. The van der Waals surface area contributed by atoms with Gasteiger partial charge in [0, 0.05) is 0 Å². The summed E-state index contributed by atoms with van der Waals surface area (Å²) in [4.78, 5) is 0. The van der Waals surface area contributed by atoms with Gasteiger partial charge in [-0.1, -0.05) is 79.7 Å². The molecule has 35 heavy (non-hydrogen) atoms. The number of fused-ring (bicyclic) bond motifs is 1. The van der Waals surface area contributed by atoms with E-state index >= 15 is 0 Å². The molecule has 0 aliphatic carbocycles. The van der Waals surface area contributed by atoms with Crippen LogP contribution < -0.4 is 0 Å². The summed E-state index contributed by atoms with van der Waals surface area (Å²) in [5.74, 6) is 0.850. The summed E-state index contributed by atoms with van der Waals surface area (Å²) in [6.45, 7) is 6.90. The molecule has 4 rings (SSSR count). The van der Waals surface area contributed by atoms with Crippen molar-refractivity contribution in [3.63, 3.8) is 0 Å². The van der Waals surface area contributed by atoms with E-state index in [0.29, 0.717) is 19.8 Å². The molecule has 5 nitrogen and oxygen atoms in total. The van der Waals surface area contributed by atoms with Crippen molar-refractivity contribution in [2.24, 2.45) is 0 Å². The highest BCUT2D eigenvalue weighted by molar-refractivity contribution is 7.99. The Kier molecular flexibility index (Phi) is 9.77. The van der Waals surface area contributed by atoms with Crippen LogP contribution in [-0.4, -0.2) is 53.9 Å². The number of rotatable bonds is 12. The van der Waals surface area contributed by atoms with E-state index in [1.54, 1.807) is 17.8 Å². The molecule has 5 atom stereocenters. The van der Waals surface area contributed by atoms with Crippen molar-refractivity contribution in [2.45, 2.75) is 50.0 Å². The van der Waals surface area contributed by atoms with Gasteiger partial charge in [-0.3, -0.25) is 0 Å². The van der Waals surface area contributed by atoms with Crippen LogP contribution in [0.25, 0.3) is 10.8 Å². The van der Waals surface area contributed by atoms with Crippen LogP contribution >= 0.6 is 11.8 Å². The molecule has 3 aromatic carbocycles. The van der Waals surface area contributed by atoms with Gasteiger partial charge in [0.25, 0.3) is 0 Å². The smallest absolute Gasteiger partial charge is 0.132 e. The molecule has 0 saturated carbocycles. The van der Waals surface area contributed by atoms with E-state index in [1.165, 1.54) is 10.8 Å². The molecule has 6 heteroatoms. The lowest BCUT2D eigenvalue weighted by molar-refractivity contribution is -0.247. The standard InChI is InChI=1S/C29H34O5S/c1-3-16-31-27-26(32-19-21-10-6-5-7-11-21)25(18-30)34-29(35-4-2)28(27)33-20-22-14-15-23-12-8-9-13-24(23)17-22/h3,5-15,17,25-30H,1,4,16,18-20H2,2H3/t25-,26-,27+,28-,29+/m1/s1. The van der Waals surface area contributed by atoms with Gasteiger partial charge in [-0.2, -0.15) is 0 Å². The van der Waals surface area contributed by atoms with E-state index in [4.69, 9.17) is 18.9 Å². The number of aliphatic hydroxyl groups excluding tert-OH is 1. The van der Waals surface area contributed by atoms with Crippen molar-refractivity contribution >= 4 is 22.5 Å². The zero-order chi connectivity index (χ0) is 24.5. The normalized spacial score (nSPS) is 24.5. The predicted molar refractivity (Wildman–Crippen MR) is 141 cm³/mol. The first-order valence-electron chi connectivity index (χ1n) is 12.1. The average Bonchev–Trinajstić information content (AvgIpc) is 2.90. The maximum atomic E-state index is 10.2.